The van der Waals surface area contributed by atoms with E-state index in [4.69, 9.17) is 4.42 Å². The molecule has 0 aliphatic carbocycles. The van der Waals surface area contributed by atoms with Crippen molar-refractivity contribution >= 4 is 6.01 Å². The fourth-order valence-corrected chi connectivity index (χ4v) is 2.35. The Bertz CT molecular complexity index is 342. The average Bonchev–Trinajstić information content (AvgIpc) is 2.78. The molecule has 96 valence electrons. The summed E-state index contributed by atoms with van der Waals surface area (Å²) in [6, 6.07) is 0.678. The van der Waals surface area contributed by atoms with Crippen LogP contribution in [-0.4, -0.2) is 30.3 Å². The number of piperidine rings is 1. The van der Waals surface area contributed by atoms with Crippen LogP contribution in [0.4, 0.5) is 6.01 Å². The molecule has 0 radical (unpaired) electrons. The fourth-order valence-electron chi connectivity index (χ4n) is 2.35. The average molecular weight is 238 g/mol. The second kappa shape index (κ2) is 5.49. The SMILES string of the molecule is CNCc1nnc(N2CCC(C(C)C)CC2)o1. The lowest BCUT2D eigenvalue weighted by atomic mass is 9.87. The van der Waals surface area contributed by atoms with Gasteiger partial charge < -0.3 is 14.6 Å². The van der Waals surface area contributed by atoms with E-state index < -0.39 is 0 Å². The van der Waals surface area contributed by atoms with Crippen molar-refractivity contribution in [2.75, 3.05) is 25.0 Å². The van der Waals surface area contributed by atoms with Crippen molar-refractivity contribution < 1.29 is 4.42 Å². The monoisotopic (exact) mass is 238 g/mol. The van der Waals surface area contributed by atoms with E-state index in [0.717, 1.165) is 24.9 Å². The van der Waals surface area contributed by atoms with Crippen LogP contribution in [0.15, 0.2) is 4.42 Å². The first-order valence-electron chi connectivity index (χ1n) is 6.42. The second-order valence-corrected chi connectivity index (χ2v) is 5.08. The standard InChI is InChI=1S/C12H22N4O/c1-9(2)10-4-6-16(7-5-10)12-15-14-11(17-12)8-13-3/h9-10,13H,4-8H2,1-3H3. The number of aromatic nitrogens is 2. The topological polar surface area (TPSA) is 54.2 Å². The molecule has 1 aromatic rings. The van der Waals surface area contributed by atoms with Crippen molar-refractivity contribution in [3.05, 3.63) is 5.89 Å². The number of hydrogen-bond acceptors (Lipinski definition) is 5. The van der Waals surface area contributed by atoms with Crippen LogP contribution < -0.4 is 10.2 Å². The minimum atomic E-state index is 0.634. The highest BCUT2D eigenvalue weighted by atomic mass is 16.4. The summed E-state index contributed by atoms with van der Waals surface area (Å²) in [6.45, 7) is 7.31. The van der Waals surface area contributed by atoms with E-state index in [-0.39, 0.29) is 0 Å². The number of nitrogens with one attached hydrogen (secondary N) is 1. The van der Waals surface area contributed by atoms with Crippen LogP contribution >= 0.6 is 0 Å². The van der Waals surface area contributed by atoms with Crippen LogP contribution in [-0.2, 0) is 6.54 Å². The van der Waals surface area contributed by atoms with Gasteiger partial charge in [-0.1, -0.05) is 18.9 Å². The van der Waals surface area contributed by atoms with Crippen molar-refractivity contribution in [2.24, 2.45) is 11.8 Å². The van der Waals surface area contributed by atoms with E-state index in [9.17, 15) is 0 Å². The first kappa shape index (κ1) is 12.4. The maximum Gasteiger partial charge on any atom is 0.318 e. The Morgan fingerprint density at radius 1 is 1.35 bits per heavy atom. The molecule has 1 fully saturated rings. The van der Waals surface area contributed by atoms with Crippen LogP contribution in [0.25, 0.3) is 0 Å². The quantitative estimate of drug-likeness (QED) is 0.864. The molecule has 0 bridgehead atoms. The Labute approximate surface area is 103 Å². The summed E-state index contributed by atoms with van der Waals surface area (Å²) in [4.78, 5) is 2.20. The summed E-state index contributed by atoms with van der Waals surface area (Å²) < 4.78 is 5.60. The normalized spacial score (nSPS) is 18.0. The van der Waals surface area contributed by atoms with E-state index in [1.54, 1.807) is 0 Å². The van der Waals surface area contributed by atoms with E-state index in [1.165, 1.54) is 12.8 Å². The number of hydrogen-bond donors (Lipinski definition) is 1. The summed E-state index contributed by atoms with van der Waals surface area (Å²) in [6.07, 6.45) is 2.45. The highest BCUT2D eigenvalue weighted by molar-refractivity contribution is 5.24. The highest BCUT2D eigenvalue weighted by Crippen LogP contribution is 2.26. The Hall–Kier alpha value is -1.10. The van der Waals surface area contributed by atoms with Gasteiger partial charge in [0.25, 0.3) is 0 Å². The van der Waals surface area contributed by atoms with Crippen LogP contribution in [0, 0.1) is 11.8 Å². The van der Waals surface area contributed by atoms with Gasteiger partial charge in [0.1, 0.15) is 0 Å². The van der Waals surface area contributed by atoms with Crippen LogP contribution in [0.2, 0.25) is 0 Å². The molecular formula is C12H22N4O. The summed E-state index contributed by atoms with van der Waals surface area (Å²) in [5.74, 6) is 2.28. The van der Waals surface area contributed by atoms with Gasteiger partial charge in [-0.25, -0.2) is 0 Å². The first-order chi connectivity index (χ1) is 8.20. The zero-order valence-corrected chi connectivity index (χ0v) is 10.9. The predicted molar refractivity (Wildman–Crippen MR) is 66.8 cm³/mol. The molecule has 0 atom stereocenters. The zero-order chi connectivity index (χ0) is 12.3. The Balaban J connectivity index is 1.91. The Kier molecular flexibility index (Phi) is 3.99. The third kappa shape index (κ3) is 2.97. The van der Waals surface area contributed by atoms with Gasteiger partial charge in [0.15, 0.2) is 0 Å². The number of rotatable bonds is 4. The molecular weight excluding hydrogens is 216 g/mol. The van der Waals surface area contributed by atoms with Gasteiger partial charge in [0.05, 0.1) is 6.54 Å². The largest absolute Gasteiger partial charge is 0.407 e. The Morgan fingerprint density at radius 2 is 2.06 bits per heavy atom. The molecule has 0 unspecified atom stereocenters. The summed E-state index contributed by atoms with van der Waals surface area (Å²) in [7, 11) is 1.87. The van der Waals surface area contributed by atoms with Crippen molar-refractivity contribution in [1.82, 2.24) is 15.5 Å². The van der Waals surface area contributed by atoms with E-state index in [0.29, 0.717) is 18.5 Å². The number of anilines is 1. The highest BCUT2D eigenvalue weighted by Gasteiger charge is 2.24. The molecule has 0 aromatic carbocycles. The molecule has 1 aromatic heterocycles. The third-order valence-corrected chi connectivity index (χ3v) is 3.54. The summed E-state index contributed by atoms with van der Waals surface area (Å²) in [5, 5.41) is 11.1. The molecule has 1 aliphatic rings. The lowest BCUT2D eigenvalue weighted by Gasteiger charge is -2.32. The van der Waals surface area contributed by atoms with Gasteiger partial charge in [-0.15, -0.1) is 5.10 Å². The zero-order valence-electron chi connectivity index (χ0n) is 10.9. The van der Waals surface area contributed by atoms with Gasteiger partial charge in [0, 0.05) is 13.1 Å². The van der Waals surface area contributed by atoms with Gasteiger partial charge >= 0.3 is 6.01 Å². The van der Waals surface area contributed by atoms with Gasteiger partial charge in [-0.2, -0.15) is 0 Å². The van der Waals surface area contributed by atoms with E-state index in [2.05, 4.69) is 34.3 Å². The van der Waals surface area contributed by atoms with Gasteiger partial charge in [0.2, 0.25) is 5.89 Å². The molecule has 5 heteroatoms. The Morgan fingerprint density at radius 3 is 2.65 bits per heavy atom. The van der Waals surface area contributed by atoms with Crippen molar-refractivity contribution in [3.8, 4) is 0 Å². The molecule has 1 saturated heterocycles. The maximum atomic E-state index is 5.60. The molecule has 1 aliphatic heterocycles. The minimum absolute atomic E-state index is 0.634. The van der Waals surface area contributed by atoms with Crippen LogP contribution in [0.1, 0.15) is 32.6 Å². The molecule has 0 saturated carbocycles. The van der Waals surface area contributed by atoms with Crippen molar-refractivity contribution in [2.45, 2.75) is 33.2 Å². The molecule has 0 spiro atoms. The van der Waals surface area contributed by atoms with Crippen LogP contribution in [0.5, 0.6) is 0 Å². The fraction of sp³-hybridized carbons (Fsp3) is 0.833. The molecule has 1 N–H and O–H groups in total. The van der Waals surface area contributed by atoms with Gasteiger partial charge in [-0.05, 0) is 31.7 Å². The second-order valence-electron chi connectivity index (χ2n) is 5.08. The van der Waals surface area contributed by atoms with Crippen molar-refractivity contribution in [1.29, 1.82) is 0 Å². The molecule has 5 nitrogen and oxygen atoms in total. The van der Waals surface area contributed by atoms with E-state index >= 15 is 0 Å². The summed E-state index contributed by atoms with van der Waals surface area (Å²) in [5.41, 5.74) is 0. The van der Waals surface area contributed by atoms with E-state index in [1.807, 2.05) is 7.05 Å². The smallest absolute Gasteiger partial charge is 0.318 e. The molecule has 17 heavy (non-hydrogen) atoms. The van der Waals surface area contributed by atoms with Crippen LogP contribution in [0.3, 0.4) is 0 Å². The third-order valence-electron chi connectivity index (χ3n) is 3.54. The van der Waals surface area contributed by atoms with Gasteiger partial charge in [-0.3, -0.25) is 0 Å². The summed E-state index contributed by atoms with van der Waals surface area (Å²) >= 11 is 0. The predicted octanol–water partition coefficient (Wildman–Crippen LogP) is 1.66. The lowest BCUT2D eigenvalue weighted by Crippen LogP contribution is -2.35. The molecule has 2 rings (SSSR count). The molecule has 0 amide bonds. The minimum Gasteiger partial charge on any atom is -0.407 e. The lowest BCUT2D eigenvalue weighted by molar-refractivity contribution is 0.303. The maximum absolute atomic E-state index is 5.60. The first-order valence-corrected chi connectivity index (χ1v) is 6.42. The number of nitrogens with zero attached hydrogens (tertiary/aromatic N) is 3. The molecule has 2 heterocycles. The van der Waals surface area contributed by atoms with Crippen molar-refractivity contribution in [3.63, 3.8) is 0 Å².